The molecule has 11 heteroatoms. The van der Waals surface area contributed by atoms with Gasteiger partial charge in [0.2, 0.25) is 11.8 Å². The molecule has 34 heavy (non-hydrogen) atoms. The molecule has 0 bridgehead atoms. The molecule has 1 fully saturated rings. The third kappa shape index (κ3) is 3.82. The number of nitrogens with zero attached hydrogens (tertiary/aromatic N) is 7. The SMILES string of the molecule is CCNc1ncc2c(n1)N1CCCC1CN(c1cccc(-c3noc(C(=O)N(C)C)n3)c1)C2=O. The molecule has 4 heterocycles. The second-order valence-electron chi connectivity index (χ2n) is 8.54. The average Bonchev–Trinajstić information content (AvgIpc) is 3.50. The van der Waals surface area contributed by atoms with Gasteiger partial charge in [0.1, 0.15) is 11.4 Å². The van der Waals surface area contributed by atoms with Crippen molar-refractivity contribution < 1.29 is 14.1 Å². The predicted molar refractivity (Wildman–Crippen MR) is 126 cm³/mol. The number of aromatic nitrogens is 4. The molecule has 176 valence electrons. The number of anilines is 3. The summed E-state index contributed by atoms with van der Waals surface area (Å²) in [6, 6.07) is 7.54. The number of carbonyl (C=O) groups excluding carboxylic acids is 2. The number of carbonyl (C=O) groups is 2. The molecule has 1 unspecified atom stereocenters. The number of nitrogens with one attached hydrogen (secondary N) is 1. The van der Waals surface area contributed by atoms with Crippen molar-refractivity contribution in [3.8, 4) is 11.4 Å². The normalized spacial score (nSPS) is 17.3. The Morgan fingerprint density at radius 1 is 1.29 bits per heavy atom. The molecule has 0 aliphatic carbocycles. The zero-order valence-electron chi connectivity index (χ0n) is 19.4. The molecule has 3 aromatic rings. The maximum absolute atomic E-state index is 13.7. The van der Waals surface area contributed by atoms with Gasteiger partial charge in [-0.1, -0.05) is 17.3 Å². The van der Waals surface area contributed by atoms with Gasteiger partial charge in [-0.2, -0.15) is 9.97 Å². The van der Waals surface area contributed by atoms with Gasteiger partial charge in [0.25, 0.3) is 5.91 Å². The first-order chi connectivity index (χ1) is 16.5. The maximum Gasteiger partial charge on any atom is 0.316 e. The Balaban J connectivity index is 1.51. The van der Waals surface area contributed by atoms with Crippen LogP contribution in [-0.4, -0.2) is 76.6 Å². The van der Waals surface area contributed by atoms with Crippen LogP contribution in [0.4, 0.5) is 17.5 Å². The highest BCUT2D eigenvalue weighted by atomic mass is 16.5. The van der Waals surface area contributed by atoms with Crippen molar-refractivity contribution in [1.29, 1.82) is 0 Å². The highest BCUT2D eigenvalue weighted by molar-refractivity contribution is 6.10. The van der Waals surface area contributed by atoms with E-state index in [1.165, 1.54) is 4.90 Å². The van der Waals surface area contributed by atoms with Crippen LogP contribution in [0.15, 0.2) is 35.0 Å². The Hall–Kier alpha value is -4.02. The highest BCUT2D eigenvalue weighted by Crippen LogP contribution is 2.34. The van der Waals surface area contributed by atoms with E-state index in [1.54, 1.807) is 25.2 Å². The summed E-state index contributed by atoms with van der Waals surface area (Å²) in [4.78, 5) is 44.4. The number of benzene rings is 1. The summed E-state index contributed by atoms with van der Waals surface area (Å²) >= 11 is 0. The zero-order valence-corrected chi connectivity index (χ0v) is 19.4. The van der Waals surface area contributed by atoms with Crippen molar-refractivity contribution in [2.75, 3.05) is 48.8 Å². The molecule has 2 aliphatic rings. The smallest absolute Gasteiger partial charge is 0.316 e. The van der Waals surface area contributed by atoms with Crippen molar-refractivity contribution in [2.24, 2.45) is 0 Å². The minimum Gasteiger partial charge on any atom is -0.354 e. The lowest BCUT2D eigenvalue weighted by Gasteiger charge is -2.27. The summed E-state index contributed by atoms with van der Waals surface area (Å²) in [5.41, 5.74) is 1.84. The van der Waals surface area contributed by atoms with E-state index in [9.17, 15) is 9.59 Å². The molecule has 0 spiro atoms. The summed E-state index contributed by atoms with van der Waals surface area (Å²) in [6.07, 6.45) is 3.63. The molecule has 1 saturated heterocycles. The molecule has 1 aromatic carbocycles. The molecule has 0 radical (unpaired) electrons. The van der Waals surface area contributed by atoms with Crippen molar-refractivity contribution in [1.82, 2.24) is 25.0 Å². The predicted octanol–water partition coefficient (Wildman–Crippen LogP) is 2.29. The zero-order chi connectivity index (χ0) is 23.8. The number of hydrogen-bond donors (Lipinski definition) is 1. The fourth-order valence-corrected chi connectivity index (χ4v) is 4.38. The van der Waals surface area contributed by atoms with Crippen LogP contribution in [0.5, 0.6) is 0 Å². The van der Waals surface area contributed by atoms with Gasteiger partial charge in [0, 0.05) is 57.2 Å². The van der Waals surface area contributed by atoms with Gasteiger partial charge in [-0.15, -0.1) is 0 Å². The molecular formula is C23H26N8O3. The molecule has 11 nitrogen and oxygen atoms in total. The summed E-state index contributed by atoms with van der Waals surface area (Å²) in [7, 11) is 3.24. The quantitative estimate of drug-likeness (QED) is 0.609. The third-order valence-corrected chi connectivity index (χ3v) is 6.05. The topological polar surface area (TPSA) is 121 Å². The number of fused-ring (bicyclic) bond motifs is 3. The maximum atomic E-state index is 13.7. The average molecular weight is 463 g/mol. The van der Waals surface area contributed by atoms with E-state index in [0.717, 1.165) is 19.4 Å². The van der Waals surface area contributed by atoms with Crippen LogP contribution in [-0.2, 0) is 0 Å². The van der Waals surface area contributed by atoms with E-state index in [-0.39, 0.29) is 29.6 Å². The molecule has 2 amide bonds. The Morgan fingerprint density at radius 2 is 2.15 bits per heavy atom. The Morgan fingerprint density at radius 3 is 2.94 bits per heavy atom. The second kappa shape index (κ2) is 8.73. The monoisotopic (exact) mass is 462 g/mol. The number of amides is 2. The Kier molecular flexibility index (Phi) is 5.60. The fraction of sp³-hybridized carbons (Fsp3) is 0.391. The van der Waals surface area contributed by atoms with Gasteiger partial charge in [0.15, 0.2) is 0 Å². The minimum absolute atomic E-state index is 0.0829. The summed E-state index contributed by atoms with van der Waals surface area (Å²) in [6.45, 7) is 4.07. The number of hydrogen-bond acceptors (Lipinski definition) is 9. The van der Waals surface area contributed by atoms with Crippen LogP contribution in [0, 0.1) is 0 Å². The molecule has 0 saturated carbocycles. The first-order valence-electron chi connectivity index (χ1n) is 11.3. The summed E-state index contributed by atoms with van der Waals surface area (Å²) in [5, 5.41) is 7.09. The second-order valence-corrected chi connectivity index (χ2v) is 8.54. The molecule has 2 aromatic heterocycles. The van der Waals surface area contributed by atoms with E-state index in [1.807, 2.05) is 31.2 Å². The lowest BCUT2D eigenvalue weighted by atomic mass is 10.1. The van der Waals surface area contributed by atoms with Crippen molar-refractivity contribution in [3.05, 3.63) is 41.9 Å². The molecule has 1 N–H and O–H groups in total. The van der Waals surface area contributed by atoms with Crippen LogP contribution in [0.25, 0.3) is 11.4 Å². The molecule has 2 aliphatic heterocycles. The van der Waals surface area contributed by atoms with Crippen LogP contribution < -0.4 is 15.1 Å². The van der Waals surface area contributed by atoms with E-state index >= 15 is 0 Å². The van der Waals surface area contributed by atoms with E-state index in [0.29, 0.717) is 41.7 Å². The minimum atomic E-state index is -0.368. The summed E-state index contributed by atoms with van der Waals surface area (Å²) < 4.78 is 5.14. The molecular weight excluding hydrogens is 436 g/mol. The van der Waals surface area contributed by atoms with Gasteiger partial charge in [-0.3, -0.25) is 9.59 Å². The molecule has 5 rings (SSSR count). The largest absolute Gasteiger partial charge is 0.354 e. The lowest BCUT2D eigenvalue weighted by Crippen LogP contribution is -2.39. The van der Waals surface area contributed by atoms with E-state index in [4.69, 9.17) is 4.52 Å². The van der Waals surface area contributed by atoms with E-state index < -0.39 is 0 Å². The Labute approximate surface area is 196 Å². The van der Waals surface area contributed by atoms with Crippen molar-refractivity contribution in [2.45, 2.75) is 25.8 Å². The van der Waals surface area contributed by atoms with Gasteiger partial charge in [-0.25, -0.2) is 4.98 Å². The van der Waals surface area contributed by atoms with Gasteiger partial charge in [-0.05, 0) is 31.9 Å². The van der Waals surface area contributed by atoms with Crippen LogP contribution in [0.3, 0.4) is 0 Å². The van der Waals surface area contributed by atoms with E-state index in [2.05, 4.69) is 30.3 Å². The van der Waals surface area contributed by atoms with Crippen molar-refractivity contribution >= 4 is 29.3 Å². The van der Waals surface area contributed by atoms with Crippen LogP contribution >= 0.6 is 0 Å². The highest BCUT2D eigenvalue weighted by Gasteiger charge is 2.37. The van der Waals surface area contributed by atoms with Gasteiger partial charge >= 0.3 is 11.8 Å². The van der Waals surface area contributed by atoms with Crippen molar-refractivity contribution in [3.63, 3.8) is 0 Å². The number of rotatable bonds is 5. The Bertz CT molecular complexity index is 1240. The molecule has 1 atom stereocenters. The van der Waals surface area contributed by atoms with Gasteiger partial charge in [0.05, 0.1) is 0 Å². The standard InChI is InChI=1S/C23H26N8O3/c1-4-24-23-25-12-17-19(27-23)30-10-6-9-16(30)13-31(21(17)32)15-8-5-7-14(11-15)18-26-20(34-28-18)22(33)29(2)3/h5,7-8,11-12,16H,4,6,9-10,13H2,1-3H3,(H,24,25,27). The first-order valence-corrected chi connectivity index (χ1v) is 11.3. The van der Waals surface area contributed by atoms with Gasteiger partial charge < -0.3 is 24.5 Å². The lowest BCUT2D eigenvalue weighted by molar-refractivity contribution is 0.0779. The summed E-state index contributed by atoms with van der Waals surface area (Å²) in [5.74, 6) is 0.891. The van der Waals surface area contributed by atoms with Crippen LogP contribution in [0.1, 0.15) is 40.8 Å². The van der Waals surface area contributed by atoms with Crippen LogP contribution in [0.2, 0.25) is 0 Å². The third-order valence-electron chi connectivity index (χ3n) is 6.05. The first kappa shape index (κ1) is 21.8. The fourth-order valence-electron chi connectivity index (χ4n) is 4.38.